The fourth-order valence-corrected chi connectivity index (χ4v) is 3.32. The molecule has 2 aromatic carbocycles. The molecule has 156 valence electrons. The van der Waals surface area contributed by atoms with E-state index in [-0.39, 0.29) is 5.91 Å². The Morgan fingerprint density at radius 2 is 1.90 bits per heavy atom. The molecule has 0 bridgehead atoms. The maximum absolute atomic E-state index is 12.6. The fourth-order valence-electron chi connectivity index (χ4n) is 3.11. The molecule has 4 aromatic rings. The van der Waals surface area contributed by atoms with E-state index in [2.05, 4.69) is 20.6 Å². The minimum Gasteiger partial charge on any atom is -0.497 e. The molecular weight excluding hydrogens is 414 g/mol. The largest absolute Gasteiger partial charge is 0.497 e. The predicted molar refractivity (Wildman–Crippen MR) is 123 cm³/mol. The molecule has 0 spiro atoms. The lowest BCUT2D eigenvalue weighted by molar-refractivity contribution is 0.0950. The van der Waals surface area contributed by atoms with Crippen molar-refractivity contribution < 1.29 is 9.53 Å². The van der Waals surface area contributed by atoms with Crippen molar-refractivity contribution >= 4 is 45.6 Å². The Balaban J connectivity index is 1.42. The van der Waals surface area contributed by atoms with Crippen LogP contribution in [0, 0.1) is 0 Å². The standard InChI is InChI=1S/C23H20ClN5O2/c1-31-18-5-3-17(4-6-18)29-22-20(24)11-16(13-27-22)23(30)28-12-14-2-7-19-15(10-14)8-9-26-21(19)25/h2-11,13H,12H2,1H3,(H2,25,26)(H,27,29)(H,28,30). The number of aromatic nitrogens is 2. The van der Waals surface area contributed by atoms with E-state index >= 15 is 0 Å². The highest BCUT2D eigenvalue weighted by atomic mass is 35.5. The first-order valence-corrected chi connectivity index (χ1v) is 9.89. The maximum Gasteiger partial charge on any atom is 0.253 e. The molecule has 4 N–H and O–H groups in total. The van der Waals surface area contributed by atoms with E-state index < -0.39 is 0 Å². The minimum atomic E-state index is -0.264. The first kappa shape index (κ1) is 20.4. The molecule has 0 unspecified atom stereocenters. The van der Waals surface area contributed by atoms with E-state index in [1.165, 1.54) is 6.20 Å². The first-order valence-electron chi connectivity index (χ1n) is 9.51. The van der Waals surface area contributed by atoms with Gasteiger partial charge in [-0.05, 0) is 53.4 Å². The lowest BCUT2D eigenvalue weighted by atomic mass is 10.1. The van der Waals surface area contributed by atoms with Crippen LogP contribution >= 0.6 is 11.6 Å². The number of rotatable bonds is 6. The van der Waals surface area contributed by atoms with Gasteiger partial charge >= 0.3 is 0 Å². The van der Waals surface area contributed by atoms with E-state index in [0.29, 0.717) is 28.8 Å². The number of anilines is 3. The Hall–Kier alpha value is -3.84. The van der Waals surface area contributed by atoms with Crippen molar-refractivity contribution in [3.63, 3.8) is 0 Å². The molecule has 0 radical (unpaired) electrons. The van der Waals surface area contributed by atoms with E-state index in [9.17, 15) is 4.79 Å². The Morgan fingerprint density at radius 3 is 2.65 bits per heavy atom. The van der Waals surface area contributed by atoms with Gasteiger partial charge in [-0.3, -0.25) is 4.79 Å². The first-order chi connectivity index (χ1) is 15.0. The predicted octanol–water partition coefficient (Wildman–Crippen LogP) is 4.55. The molecule has 0 atom stereocenters. The molecule has 2 aromatic heterocycles. The molecule has 0 aliphatic carbocycles. The van der Waals surface area contributed by atoms with E-state index in [1.807, 2.05) is 48.5 Å². The van der Waals surface area contributed by atoms with Gasteiger partial charge in [0.15, 0.2) is 0 Å². The summed E-state index contributed by atoms with van der Waals surface area (Å²) in [7, 11) is 1.61. The Bertz CT molecular complexity index is 1240. The van der Waals surface area contributed by atoms with Gasteiger partial charge in [0.2, 0.25) is 0 Å². The number of nitrogens with one attached hydrogen (secondary N) is 2. The number of nitrogens with zero attached hydrogens (tertiary/aromatic N) is 2. The summed E-state index contributed by atoms with van der Waals surface area (Å²) in [5.74, 6) is 1.43. The van der Waals surface area contributed by atoms with Crippen LogP contribution in [0.5, 0.6) is 5.75 Å². The number of benzene rings is 2. The number of pyridine rings is 2. The second-order valence-electron chi connectivity index (χ2n) is 6.84. The van der Waals surface area contributed by atoms with Gasteiger partial charge in [0, 0.05) is 30.0 Å². The SMILES string of the molecule is COc1ccc(Nc2ncc(C(=O)NCc3ccc4c(N)nccc4c3)cc2Cl)cc1. The number of halogens is 1. The summed E-state index contributed by atoms with van der Waals surface area (Å²) >= 11 is 6.33. The van der Waals surface area contributed by atoms with Crippen LogP contribution in [0.2, 0.25) is 5.02 Å². The maximum atomic E-state index is 12.6. The van der Waals surface area contributed by atoms with Gasteiger partial charge in [-0.2, -0.15) is 0 Å². The van der Waals surface area contributed by atoms with Crippen LogP contribution in [-0.4, -0.2) is 23.0 Å². The zero-order valence-corrected chi connectivity index (χ0v) is 17.5. The van der Waals surface area contributed by atoms with Crippen molar-refractivity contribution in [1.82, 2.24) is 15.3 Å². The van der Waals surface area contributed by atoms with Crippen molar-refractivity contribution in [2.45, 2.75) is 6.54 Å². The van der Waals surface area contributed by atoms with Gasteiger partial charge in [-0.1, -0.05) is 23.7 Å². The van der Waals surface area contributed by atoms with Crippen LogP contribution < -0.4 is 21.1 Å². The summed E-state index contributed by atoms with van der Waals surface area (Å²) in [5.41, 5.74) is 8.01. The van der Waals surface area contributed by atoms with Crippen molar-refractivity contribution in [3.8, 4) is 5.75 Å². The molecule has 0 aliphatic rings. The third kappa shape index (κ3) is 4.67. The number of methoxy groups -OCH3 is 1. The van der Waals surface area contributed by atoms with Crippen LogP contribution in [0.3, 0.4) is 0 Å². The highest BCUT2D eigenvalue weighted by Crippen LogP contribution is 2.25. The van der Waals surface area contributed by atoms with E-state index in [1.54, 1.807) is 19.4 Å². The fraction of sp³-hybridized carbons (Fsp3) is 0.0870. The number of hydrogen-bond acceptors (Lipinski definition) is 6. The molecule has 0 saturated heterocycles. The molecular formula is C23H20ClN5O2. The minimum absolute atomic E-state index is 0.264. The van der Waals surface area contributed by atoms with E-state index in [4.69, 9.17) is 22.1 Å². The van der Waals surface area contributed by atoms with Crippen molar-refractivity contribution in [2.75, 3.05) is 18.2 Å². The van der Waals surface area contributed by atoms with E-state index in [0.717, 1.165) is 27.8 Å². The zero-order chi connectivity index (χ0) is 21.8. The Labute approximate surface area is 184 Å². The number of carbonyl (C=O) groups excluding carboxylic acids is 1. The van der Waals surface area contributed by atoms with Crippen molar-refractivity contribution in [3.05, 3.63) is 83.1 Å². The van der Waals surface area contributed by atoms with Gasteiger partial charge in [-0.25, -0.2) is 9.97 Å². The quantitative estimate of drug-likeness (QED) is 0.412. The zero-order valence-electron chi connectivity index (χ0n) is 16.7. The monoisotopic (exact) mass is 433 g/mol. The number of fused-ring (bicyclic) bond motifs is 1. The topological polar surface area (TPSA) is 102 Å². The molecule has 8 heteroatoms. The number of nitrogens with two attached hydrogens (primary N) is 1. The number of amides is 1. The average molecular weight is 434 g/mol. The highest BCUT2D eigenvalue weighted by Gasteiger charge is 2.11. The van der Waals surface area contributed by atoms with Crippen molar-refractivity contribution in [2.24, 2.45) is 0 Å². The normalized spacial score (nSPS) is 10.6. The van der Waals surface area contributed by atoms with Crippen LogP contribution in [0.15, 0.2) is 67.0 Å². The third-order valence-corrected chi connectivity index (χ3v) is 5.06. The molecule has 1 amide bonds. The summed E-state index contributed by atoms with van der Waals surface area (Å²) in [4.78, 5) is 20.9. The van der Waals surface area contributed by atoms with Gasteiger partial charge in [0.05, 0.1) is 17.7 Å². The summed E-state index contributed by atoms with van der Waals surface area (Å²) < 4.78 is 5.14. The number of carbonyl (C=O) groups is 1. The Kier molecular flexibility index (Phi) is 5.86. The van der Waals surface area contributed by atoms with Crippen molar-refractivity contribution in [1.29, 1.82) is 0 Å². The lowest BCUT2D eigenvalue weighted by Gasteiger charge is -2.10. The van der Waals surface area contributed by atoms with Gasteiger partial charge in [0.25, 0.3) is 5.91 Å². The summed E-state index contributed by atoms with van der Waals surface area (Å²) in [6, 6.07) is 16.6. The number of ether oxygens (including phenoxy) is 1. The molecule has 0 saturated carbocycles. The summed E-state index contributed by atoms with van der Waals surface area (Å²) in [6.45, 7) is 0.362. The van der Waals surface area contributed by atoms with Crippen LogP contribution in [-0.2, 0) is 6.54 Å². The lowest BCUT2D eigenvalue weighted by Crippen LogP contribution is -2.23. The van der Waals surface area contributed by atoms with Crippen LogP contribution in [0.4, 0.5) is 17.3 Å². The Morgan fingerprint density at radius 1 is 1.10 bits per heavy atom. The number of nitrogen functional groups attached to an aromatic ring is 1. The van der Waals surface area contributed by atoms with Gasteiger partial charge in [-0.15, -0.1) is 0 Å². The van der Waals surface area contributed by atoms with Gasteiger partial charge < -0.3 is 21.1 Å². The third-order valence-electron chi connectivity index (χ3n) is 4.77. The van der Waals surface area contributed by atoms with Gasteiger partial charge in [0.1, 0.15) is 17.4 Å². The molecule has 0 fully saturated rings. The molecule has 4 rings (SSSR count). The molecule has 7 nitrogen and oxygen atoms in total. The molecule has 2 heterocycles. The van der Waals surface area contributed by atoms with Crippen LogP contribution in [0.25, 0.3) is 10.8 Å². The summed E-state index contributed by atoms with van der Waals surface area (Å²) in [6.07, 6.45) is 3.15. The smallest absolute Gasteiger partial charge is 0.253 e. The van der Waals surface area contributed by atoms with Crippen LogP contribution in [0.1, 0.15) is 15.9 Å². The highest BCUT2D eigenvalue weighted by molar-refractivity contribution is 6.33. The second kappa shape index (κ2) is 8.89. The second-order valence-corrected chi connectivity index (χ2v) is 7.25. The average Bonchev–Trinajstić information content (AvgIpc) is 2.79. The molecule has 31 heavy (non-hydrogen) atoms. The molecule has 0 aliphatic heterocycles. The number of hydrogen-bond donors (Lipinski definition) is 3. The summed E-state index contributed by atoms with van der Waals surface area (Å²) in [5, 5.41) is 8.21.